The number of esters is 5. The third-order valence-corrected chi connectivity index (χ3v) is 5.72. The molecular weight excluding hydrogens is 568 g/mol. The van der Waals surface area contributed by atoms with Crippen molar-refractivity contribution in [2.24, 2.45) is 0 Å². The van der Waals surface area contributed by atoms with E-state index < -0.39 is 67.2 Å². The second kappa shape index (κ2) is 14.8. The number of carbonyl (C=O) groups excluding carboxylic acids is 5. The molecule has 3 rings (SSSR count). The van der Waals surface area contributed by atoms with Crippen LogP contribution in [0.3, 0.4) is 0 Å². The molecule has 0 radical (unpaired) electrons. The van der Waals surface area contributed by atoms with Gasteiger partial charge in [-0.1, -0.05) is 24.3 Å². The summed E-state index contributed by atoms with van der Waals surface area (Å²) in [6, 6.07) is 11.0. The van der Waals surface area contributed by atoms with E-state index in [0.717, 1.165) is 26.3 Å². The van der Waals surface area contributed by atoms with Crippen LogP contribution in [0, 0.1) is 0 Å². The summed E-state index contributed by atoms with van der Waals surface area (Å²) >= 11 is 0. The first-order chi connectivity index (χ1) is 20.3. The van der Waals surface area contributed by atoms with Gasteiger partial charge in [0.2, 0.25) is 12.4 Å². The van der Waals surface area contributed by atoms with Gasteiger partial charge in [-0.2, -0.15) is 0 Å². The summed E-state index contributed by atoms with van der Waals surface area (Å²) in [5, 5.41) is 10.4. The van der Waals surface area contributed by atoms with Crippen molar-refractivity contribution in [1.29, 1.82) is 0 Å². The Bertz CT molecular complexity index is 1360. The van der Waals surface area contributed by atoms with Gasteiger partial charge in [0, 0.05) is 40.7 Å². The Labute approximate surface area is 247 Å². The van der Waals surface area contributed by atoms with Gasteiger partial charge in [0.1, 0.15) is 30.0 Å². The Hall–Kier alpha value is -4.91. The number of rotatable bonds is 10. The number of hydrogen-bond acceptors (Lipinski definition) is 13. The van der Waals surface area contributed by atoms with Gasteiger partial charge in [-0.25, -0.2) is 0 Å². The number of aromatic hydroxyl groups is 1. The van der Waals surface area contributed by atoms with Crippen LogP contribution in [-0.2, 0) is 47.7 Å². The maximum absolute atomic E-state index is 12.0. The van der Waals surface area contributed by atoms with E-state index in [1.54, 1.807) is 42.5 Å². The van der Waals surface area contributed by atoms with Crippen LogP contribution >= 0.6 is 0 Å². The van der Waals surface area contributed by atoms with Gasteiger partial charge in [0.25, 0.3) is 0 Å². The van der Waals surface area contributed by atoms with Crippen molar-refractivity contribution in [3.63, 3.8) is 0 Å². The van der Waals surface area contributed by atoms with E-state index in [-0.39, 0.29) is 11.5 Å². The highest BCUT2D eigenvalue weighted by atomic mass is 16.7. The molecular formula is C30H32O13. The van der Waals surface area contributed by atoms with Gasteiger partial charge in [-0.3, -0.25) is 24.0 Å². The van der Waals surface area contributed by atoms with Crippen LogP contribution in [0.4, 0.5) is 0 Å². The summed E-state index contributed by atoms with van der Waals surface area (Å²) in [5.41, 5.74) is 1.27. The zero-order valence-electron chi connectivity index (χ0n) is 24.1. The maximum atomic E-state index is 12.0. The molecule has 0 spiro atoms. The zero-order chi connectivity index (χ0) is 31.7. The molecule has 1 fully saturated rings. The Morgan fingerprint density at radius 1 is 0.698 bits per heavy atom. The molecule has 43 heavy (non-hydrogen) atoms. The lowest BCUT2D eigenvalue weighted by Gasteiger charge is -2.43. The van der Waals surface area contributed by atoms with Gasteiger partial charge in [-0.05, 0) is 35.4 Å². The lowest BCUT2D eigenvalue weighted by molar-refractivity contribution is -0.288. The molecule has 13 nitrogen and oxygen atoms in total. The van der Waals surface area contributed by atoms with Crippen LogP contribution in [0.1, 0.15) is 45.7 Å². The smallest absolute Gasteiger partial charge is 0.308 e. The van der Waals surface area contributed by atoms with E-state index in [9.17, 15) is 29.1 Å². The van der Waals surface area contributed by atoms with E-state index in [1.165, 1.54) is 26.0 Å². The Kier molecular flexibility index (Phi) is 11.2. The minimum absolute atomic E-state index is 0.0748. The van der Waals surface area contributed by atoms with Crippen molar-refractivity contribution in [3.05, 3.63) is 53.6 Å². The van der Waals surface area contributed by atoms with Gasteiger partial charge < -0.3 is 38.3 Å². The minimum Gasteiger partial charge on any atom is -0.508 e. The maximum Gasteiger partial charge on any atom is 0.308 e. The molecule has 1 aliphatic rings. The molecule has 1 heterocycles. The van der Waals surface area contributed by atoms with Crippen LogP contribution < -0.4 is 9.47 Å². The highest BCUT2D eigenvalue weighted by molar-refractivity contribution is 5.72. The Morgan fingerprint density at radius 2 is 1.28 bits per heavy atom. The fourth-order valence-corrected chi connectivity index (χ4v) is 4.19. The van der Waals surface area contributed by atoms with Crippen LogP contribution in [0.25, 0.3) is 12.2 Å². The lowest BCUT2D eigenvalue weighted by Crippen LogP contribution is -2.63. The molecule has 5 atom stereocenters. The van der Waals surface area contributed by atoms with Crippen molar-refractivity contribution < 1.29 is 62.2 Å². The number of phenolic OH excluding ortho intramolecular Hbond substituents is 1. The molecule has 0 aliphatic carbocycles. The number of ether oxygens (including phenoxy) is 7. The fourth-order valence-electron chi connectivity index (χ4n) is 4.19. The largest absolute Gasteiger partial charge is 0.508 e. The fraction of sp³-hybridized carbons (Fsp3) is 0.367. The van der Waals surface area contributed by atoms with E-state index in [1.807, 2.05) is 0 Å². The molecule has 0 aromatic heterocycles. The molecule has 230 valence electrons. The number of carbonyl (C=O) groups is 5. The third kappa shape index (κ3) is 10.1. The summed E-state index contributed by atoms with van der Waals surface area (Å²) in [7, 11) is 0. The van der Waals surface area contributed by atoms with Gasteiger partial charge in [0.05, 0.1) is 0 Å². The van der Waals surface area contributed by atoms with Gasteiger partial charge >= 0.3 is 29.8 Å². The highest BCUT2D eigenvalue weighted by Crippen LogP contribution is 2.32. The van der Waals surface area contributed by atoms with Crippen molar-refractivity contribution in [2.45, 2.75) is 65.3 Å². The van der Waals surface area contributed by atoms with E-state index in [2.05, 4.69) is 0 Å². The van der Waals surface area contributed by atoms with Crippen LogP contribution in [0.2, 0.25) is 0 Å². The van der Waals surface area contributed by atoms with E-state index >= 15 is 0 Å². The zero-order valence-corrected chi connectivity index (χ0v) is 24.1. The van der Waals surface area contributed by atoms with Crippen molar-refractivity contribution in [1.82, 2.24) is 0 Å². The number of benzene rings is 2. The standard InChI is InChI=1S/C30H32O13/c1-16(31)37-15-26-27(39-18(3)33)28(40-19(4)34)29(41-20(5)35)30(43-26)42-25-13-22(12-23(36)14-25)7-6-21-8-10-24(11-9-21)38-17(2)32/h6-14,26-30,36H,15H2,1-5H3/b7-6+/t26-,27-,28+,29-,30-/m1/s1. The summed E-state index contributed by atoms with van der Waals surface area (Å²) in [4.78, 5) is 58.6. The van der Waals surface area contributed by atoms with Gasteiger partial charge in [0.15, 0.2) is 12.2 Å². The second-order valence-electron chi connectivity index (χ2n) is 9.44. The molecule has 2 aromatic rings. The SMILES string of the molecule is CC(=O)OC[C@H]1O[C@@H](Oc2cc(O)cc(/C=C/c3ccc(OC(C)=O)cc3)c2)[C@H](OC(C)=O)[C@@H](OC(C)=O)[C@@H]1OC(C)=O. The first-order valence-electron chi connectivity index (χ1n) is 13.1. The first kappa shape index (κ1) is 32.6. The molecule has 1 aliphatic heterocycles. The Morgan fingerprint density at radius 3 is 1.86 bits per heavy atom. The lowest BCUT2D eigenvalue weighted by atomic mass is 9.98. The van der Waals surface area contributed by atoms with Crippen LogP contribution in [-0.4, -0.2) is 72.3 Å². The normalized spacial score (nSPS) is 21.4. The van der Waals surface area contributed by atoms with Crippen molar-refractivity contribution in [2.75, 3.05) is 6.61 Å². The molecule has 0 bridgehead atoms. The first-order valence-corrected chi connectivity index (χ1v) is 13.1. The Balaban J connectivity index is 1.93. The van der Waals surface area contributed by atoms with Crippen LogP contribution in [0.15, 0.2) is 42.5 Å². The summed E-state index contributed by atoms with van der Waals surface area (Å²) in [5.74, 6) is -3.12. The average molecular weight is 601 g/mol. The molecule has 0 saturated carbocycles. The van der Waals surface area contributed by atoms with Crippen LogP contribution in [0.5, 0.6) is 17.2 Å². The predicted molar refractivity (Wildman–Crippen MR) is 147 cm³/mol. The van der Waals surface area contributed by atoms with E-state index in [0.29, 0.717) is 11.3 Å². The second-order valence-corrected chi connectivity index (χ2v) is 9.44. The van der Waals surface area contributed by atoms with E-state index in [4.69, 9.17) is 33.2 Å². The van der Waals surface area contributed by atoms with Gasteiger partial charge in [-0.15, -0.1) is 0 Å². The molecule has 2 aromatic carbocycles. The molecule has 13 heteroatoms. The summed E-state index contributed by atoms with van der Waals surface area (Å²) < 4.78 is 38.2. The average Bonchev–Trinajstić information content (AvgIpc) is 2.89. The minimum atomic E-state index is -1.46. The number of phenols is 1. The summed E-state index contributed by atoms with van der Waals surface area (Å²) in [6.07, 6.45) is -3.41. The quantitative estimate of drug-likeness (QED) is 0.183. The van der Waals surface area contributed by atoms with Crippen molar-refractivity contribution in [3.8, 4) is 17.2 Å². The predicted octanol–water partition coefficient (Wildman–Crippen LogP) is 2.95. The topological polar surface area (TPSA) is 170 Å². The molecule has 1 saturated heterocycles. The highest BCUT2D eigenvalue weighted by Gasteiger charge is 2.53. The molecule has 0 unspecified atom stereocenters. The summed E-state index contributed by atoms with van der Waals surface area (Å²) in [6.45, 7) is 5.40. The molecule has 0 amide bonds. The monoisotopic (exact) mass is 600 g/mol. The molecule has 1 N–H and O–H groups in total. The third-order valence-electron chi connectivity index (χ3n) is 5.72. The van der Waals surface area contributed by atoms with Crippen molar-refractivity contribution >= 4 is 42.0 Å². The number of hydrogen-bond donors (Lipinski definition) is 1.